The summed E-state index contributed by atoms with van der Waals surface area (Å²) in [6, 6.07) is 5.17. The third-order valence-electron chi connectivity index (χ3n) is 3.61. The van der Waals surface area contributed by atoms with E-state index in [-0.39, 0.29) is 17.2 Å². The van der Waals surface area contributed by atoms with Crippen LogP contribution in [0.15, 0.2) is 32.8 Å². The molecular weight excluding hydrogens is 338 g/mol. The maximum atomic E-state index is 12.2. The lowest BCUT2D eigenvalue weighted by molar-refractivity contribution is 0.0455. The van der Waals surface area contributed by atoms with Crippen LogP contribution in [0.2, 0.25) is 5.02 Å². The van der Waals surface area contributed by atoms with Crippen LogP contribution in [0.25, 0.3) is 11.0 Å². The van der Waals surface area contributed by atoms with Crippen LogP contribution in [-0.2, 0) is 11.3 Å². The van der Waals surface area contributed by atoms with Crippen molar-refractivity contribution in [3.05, 3.63) is 55.3 Å². The van der Waals surface area contributed by atoms with Crippen molar-refractivity contribution in [1.29, 1.82) is 0 Å². The van der Waals surface area contributed by atoms with E-state index in [1.54, 1.807) is 35.1 Å². The van der Waals surface area contributed by atoms with Crippen LogP contribution in [0, 0.1) is 13.8 Å². The molecule has 2 aromatic heterocycles. The number of fused-ring (bicyclic) bond motifs is 1. The number of carbonyl (C=O) groups excluding carboxylic acids is 1. The number of hydrogen-bond donors (Lipinski definition) is 0. The number of hydrogen-bond acceptors (Lipinski definition) is 5. The van der Waals surface area contributed by atoms with Gasteiger partial charge in [0, 0.05) is 27.0 Å². The van der Waals surface area contributed by atoms with Crippen LogP contribution in [0.4, 0.5) is 0 Å². The number of benzene rings is 1. The van der Waals surface area contributed by atoms with Crippen molar-refractivity contribution in [2.75, 3.05) is 6.61 Å². The number of rotatable bonds is 4. The highest BCUT2D eigenvalue weighted by atomic mass is 35.5. The normalized spacial score (nSPS) is 11.1. The summed E-state index contributed by atoms with van der Waals surface area (Å²) in [5, 5.41) is 3.14. The van der Waals surface area contributed by atoms with Gasteiger partial charge in [-0.05, 0) is 32.0 Å². The summed E-state index contributed by atoms with van der Waals surface area (Å²) in [6.07, 6.45) is 0. The zero-order valence-corrected chi connectivity index (χ0v) is 14.2. The van der Waals surface area contributed by atoms with Gasteiger partial charge in [-0.25, -0.2) is 4.79 Å². The van der Waals surface area contributed by atoms with E-state index in [4.69, 9.17) is 20.8 Å². The molecule has 3 rings (SSSR count). The Hall–Kier alpha value is -2.05. The molecule has 0 saturated carbocycles. The van der Waals surface area contributed by atoms with Gasteiger partial charge in [0.2, 0.25) is 5.76 Å². The Morgan fingerprint density at radius 2 is 2.17 bits per heavy atom. The van der Waals surface area contributed by atoms with Crippen LogP contribution < -0.4 is 4.87 Å². The molecule has 0 radical (unpaired) electrons. The molecule has 3 aromatic rings. The van der Waals surface area contributed by atoms with E-state index in [0.717, 1.165) is 22.4 Å². The summed E-state index contributed by atoms with van der Waals surface area (Å²) < 4.78 is 12.4. The minimum Gasteiger partial charge on any atom is -0.458 e. The zero-order chi connectivity index (χ0) is 16.6. The highest BCUT2D eigenvalue weighted by molar-refractivity contribution is 7.07. The average Bonchev–Trinajstić information content (AvgIpc) is 3.01. The van der Waals surface area contributed by atoms with Crippen molar-refractivity contribution in [3.8, 4) is 0 Å². The first-order chi connectivity index (χ1) is 11.0. The quantitative estimate of drug-likeness (QED) is 0.671. The lowest BCUT2D eigenvalue weighted by atomic mass is 10.1. The minimum atomic E-state index is -0.546. The second-order valence-electron chi connectivity index (χ2n) is 5.13. The van der Waals surface area contributed by atoms with Gasteiger partial charge in [-0.3, -0.25) is 9.36 Å². The van der Waals surface area contributed by atoms with Crippen LogP contribution in [0.5, 0.6) is 0 Å². The number of nitrogens with zero attached hydrogens (tertiary/aromatic N) is 1. The fraction of sp³-hybridized carbons (Fsp3) is 0.250. The molecule has 0 bridgehead atoms. The number of aryl methyl sites for hydroxylation is 2. The Balaban J connectivity index is 1.74. The molecule has 0 N–H and O–H groups in total. The van der Waals surface area contributed by atoms with Crippen molar-refractivity contribution < 1.29 is 13.9 Å². The number of carbonyl (C=O) groups is 1. The summed E-state index contributed by atoms with van der Waals surface area (Å²) in [5.41, 5.74) is 2.13. The highest BCUT2D eigenvalue weighted by Gasteiger charge is 2.19. The number of furan rings is 1. The number of ether oxygens (including phenoxy) is 1. The minimum absolute atomic E-state index is 0.0619. The lowest BCUT2D eigenvalue weighted by Gasteiger charge is -2.05. The fourth-order valence-corrected chi connectivity index (χ4v) is 3.29. The van der Waals surface area contributed by atoms with E-state index < -0.39 is 5.97 Å². The summed E-state index contributed by atoms with van der Waals surface area (Å²) in [6.45, 7) is 4.05. The lowest BCUT2D eigenvalue weighted by Crippen LogP contribution is -2.19. The molecule has 0 spiro atoms. The SMILES string of the molecule is Cc1c(C(=O)OCCn2c(C)csc2=O)oc2ccc(Cl)cc12. The monoisotopic (exact) mass is 351 g/mol. The van der Waals surface area contributed by atoms with Gasteiger partial charge in [-0.15, -0.1) is 0 Å². The first-order valence-electron chi connectivity index (χ1n) is 6.98. The fourth-order valence-electron chi connectivity index (χ4n) is 2.36. The predicted molar refractivity (Wildman–Crippen MR) is 89.6 cm³/mol. The van der Waals surface area contributed by atoms with Gasteiger partial charge < -0.3 is 9.15 Å². The van der Waals surface area contributed by atoms with Crippen LogP contribution in [0.3, 0.4) is 0 Å². The molecular formula is C16H14ClNO4S. The van der Waals surface area contributed by atoms with E-state index in [0.29, 0.717) is 22.7 Å². The van der Waals surface area contributed by atoms with E-state index in [2.05, 4.69) is 0 Å². The summed E-state index contributed by atoms with van der Waals surface area (Å²) >= 11 is 7.09. The van der Waals surface area contributed by atoms with Gasteiger partial charge in [-0.1, -0.05) is 22.9 Å². The third kappa shape index (κ3) is 3.04. The van der Waals surface area contributed by atoms with E-state index in [1.165, 1.54) is 0 Å². The van der Waals surface area contributed by atoms with Crippen molar-refractivity contribution in [2.45, 2.75) is 20.4 Å². The molecule has 7 heteroatoms. The Morgan fingerprint density at radius 3 is 2.87 bits per heavy atom. The second-order valence-corrected chi connectivity index (χ2v) is 6.38. The third-order valence-corrected chi connectivity index (χ3v) is 4.72. The molecule has 0 aliphatic rings. The predicted octanol–water partition coefficient (Wildman–Crippen LogP) is 3.78. The topological polar surface area (TPSA) is 61.4 Å². The Labute approximate surface area is 141 Å². The maximum Gasteiger partial charge on any atom is 0.374 e. The van der Waals surface area contributed by atoms with Gasteiger partial charge in [-0.2, -0.15) is 0 Å². The average molecular weight is 352 g/mol. The molecule has 0 unspecified atom stereocenters. The largest absolute Gasteiger partial charge is 0.458 e. The molecule has 0 fully saturated rings. The van der Waals surface area contributed by atoms with Gasteiger partial charge in [0.25, 0.3) is 0 Å². The summed E-state index contributed by atoms with van der Waals surface area (Å²) in [5.74, 6) is -0.382. The van der Waals surface area contributed by atoms with Crippen molar-refractivity contribution >= 4 is 39.9 Å². The molecule has 1 aromatic carbocycles. The first-order valence-corrected chi connectivity index (χ1v) is 8.24. The molecule has 0 aliphatic heterocycles. The van der Waals surface area contributed by atoms with Crippen molar-refractivity contribution in [1.82, 2.24) is 4.57 Å². The highest BCUT2D eigenvalue weighted by Crippen LogP contribution is 2.28. The molecule has 120 valence electrons. The first kappa shape index (κ1) is 15.8. The molecule has 2 heterocycles. The van der Waals surface area contributed by atoms with Crippen molar-refractivity contribution in [3.63, 3.8) is 0 Å². The van der Waals surface area contributed by atoms with E-state index in [9.17, 15) is 9.59 Å². The number of halogens is 1. The Morgan fingerprint density at radius 1 is 1.39 bits per heavy atom. The summed E-state index contributed by atoms with van der Waals surface area (Å²) in [7, 11) is 0. The van der Waals surface area contributed by atoms with Crippen LogP contribution in [0.1, 0.15) is 21.8 Å². The molecule has 0 amide bonds. The number of esters is 1. The van der Waals surface area contributed by atoms with E-state index in [1.807, 2.05) is 6.92 Å². The van der Waals surface area contributed by atoms with Gasteiger partial charge in [0.05, 0.1) is 6.54 Å². The smallest absolute Gasteiger partial charge is 0.374 e. The molecule has 23 heavy (non-hydrogen) atoms. The van der Waals surface area contributed by atoms with E-state index >= 15 is 0 Å². The number of thiazole rings is 1. The maximum absolute atomic E-state index is 12.2. The van der Waals surface area contributed by atoms with Crippen molar-refractivity contribution in [2.24, 2.45) is 0 Å². The van der Waals surface area contributed by atoms with Gasteiger partial charge in [0.1, 0.15) is 12.2 Å². The van der Waals surface area contributed by atoms with Gasteiger partial charge in [0.15, 0.2) is 0 Å². The van der Waals surface area contributed by atoms with Crippen LogP contribution in [-0.4, -0.2) is 17.1 Å². The Bertz CT molecular complexity index is 937. The standard InChI is InChI=1S/C16H14ClNO4S/c1-9-8-23-16(20)18(9)5-6-21-15(19)14-10(2)12-7-11(17)3-4-13(12)22-14/h3-4,7-8H,5-6H2,1-2H3. The second kappa shape index (κ2) is 6.22. The zero-order valence-electron chi connectivity index (χ0n) is 12.6. The van der Waals surface area contributed by atoms with Crippen LogP contribution >= 0.6 is 22.9 Å². The van der Waals surface area contributed by atoms with Gasteiger partial charge >= 0.3 is 10.8 Å². The molecule has 0 aliphatic carbocycles. The summed E-state index contributed by atoms with van der Waals surface area (Å²) in [4.78, 5) is 23.7. The molecule has 5 nitrogen and oxygen atoms in total. The molecule has 0 saturated heterocycles. The molecule has 0 atom stereocenters. The Kier molecular flexibility index (Phi) is 4.28. The number of aromatic nitrogens is 1.